The number of aryl methyl sites for hydroxylation is 2. The quantitative estimate of drug-likeness (QED) is 0.818. The SMILES string of the molecule is CNC(c1csc(Br)c1)c1cc(C)c(Cl)cc1C. The highest BCUT2D eigenvalue weighted by Crippen LogP contribution is 2.32. The molecule has 0 aliphatic carbocycles. The zero-order valence-electron chi connectivity index (χ0n) is 10.6. The van der Waals surface area contributed by atoms with Crippen LogP contribution in [0.15, 0.2) is 27.4 Å². The van der Waals surface area contributed by atoms with Gasteiger partial charge in [0, 0.05) is 5.02 Å². The van der Waals surface area contributed by atoms with Crippen LogP contribution in [0.1, 0.15) is 28.3 Å². The van der Waals surface area contributed by atoms with Crippen LogP contribution in [-0.2, 0) is 0 Å². The van der Waals surface area contributed by atoms with Crippen molar-refractivity contribution in [3.05, 3.63) is 54.6 Å². The average Bonchev–Trinajstić information content (AvgIpc) is 2.73. The van der Waals surface area contributed by atoms with Crippen LogP contribution >= 0.6 is 38.9 Å². The molecule has 2 rings (SSSR count). The van der Waals surface area contributed by atoms with Gasteiger partial charge < -0.3 is 5.32 Å². The number of hydrogen-bond donors (Lipinski definition) is 1. The summed E-state index contributed by atoms with van der Waals surface area (Å²) < 4.78 is 1.15. The number of nitrogens with one attached hydrogen (secondary N) is 1. The molecule has 0 saturated heterocycles. The Hall–Kier alpha value is -0.350. The van der Waals surface area contributed by atoms with E-state index in [2.05, 4.69) is 45.7 Å². The Kier molecular flexibility index (Phi) is 4.49. The number of thiophene rings is 1. The predicted octanol–water partition coefficient (Wildman–Crippen LogP) is 5.09. The second-order valence-corrected chi connectivity index (χ2v) is 7.06. The van der Waals surface area contributed by atoms with E-state index in [9.17, 15) is 0 Å². The summed E-state index contributed by atoms with van der Waals surface area (Å²) in [6.45, 7) is 4.15. The molecule has 0 fully saturated rings. The molecule has 1 aromatic heterocycles. The Morgan fingerprint density at radius 2 is 1.94 bits per heavy atom. The van der Waals surface area contributed by atoms with Gasteiger partial charge in [-0.15, -0.1) is 11.3 Å². The molecule has 0 radical (unpaired) electrons. The van der Waals surface area contributed by atoms with E-state index in [-0.39, 0.29) is 6.04 Å². The molecule has 18 heavy (non-hydrogen) atoms. The van der Waals surface area contributed by atoms with Gasteiger partial charge in [0.05, 0.1) is 9.83 Å². The van der Waals surface area contributed by atoms with Crippen LogP contribution in [0.4, 0.5) is 0 Å². The Morgan fingerprint density at radius 1 is 1.22 bits per heavy atom. The van der Waals surface area contributed by atoms with Gasteiger partial charge in [0.2, 0.25) is 0 Å². The molecule has 96 valence electrons. The van der Waals surface area contributed by atoms with E-state index in [1.807, 2.05) is 20.0 Å². The molecule has 1 nitrogen and oxygen atoms in total. The van der Waals surface area contributed by atoms with Crippen LogP contribution in [0.5, 0.6) is 0 Å². The van der Waals surface area contributed by atoms with Crippen LogP contribution in [0.2, 0.25) is 5.02 Å². The Labute approximate surface area is 125 Å². The van der Waals surface area contributed by atoms with Crippen molar-refractivity contribution in [1.82, 2.24) is 5.32 Å². The fourth-order valence-corrected chi connectivity index (χ4v) is 3.51. The van der Waals surface area contributed by atoms with Crippen molar-refractivity contribution < 1.29 is 0 Å². The highest BCUT2D eigenvalue weighted by atomic mass is 79.9. The molecule has 0 aliphatic rings. The zero-order valence-corrected chi connectivity index (χ0v) is 13.7. The third kappa shape index (κ3) is 2.80. The summed E-state index contributed by atoms with van der Waals surface area (Å²) >= 11 is 11.4. The first-order chi connectivity index (χ1) is 8.52. The van der Waals surface area contributed by atoms with Gasteiger partial charge in [-0.25, -0.2) is 0 Å². The number of hydrogen-bond acceptors (Lipinski definition) is 2. The summed E-state index contributed by atoms with van der Waals surface area (Å²) in [5.74, 6) is 0. The van der Waals surface area contributed by atoms with Crippen molar-refractivity contribution in [2.24, 2.45) is 0 Å². The van der Waals surface area contributed by atoms with Crippen molar-refractivity contribution in [1.29, 1.82) is 0 Å². The summed E-state index contributed by atoms with van der Waals surface area (Å²) in [5, 5.41) is 6.38. The lowest BCUT2D eigenvalue weighted by Crippen LogP contribution is -2.18. The van der Waals surface area contributed by atoms with Crippen molar-refractivity contribution in [3.8, 4) is 0 Å². The van der Waals surface area contributed by atoms with Gasteiger partial charge in [0.1, 0.15) is 0 Å². The van der Waals surface area contributed by atoms with Crippen molar-refractivity contribution >= 4 is 38.9 Å². The molecule has 1 unspecified atom stereocenters. The van der Waals surface area contributed by atoms with Crippen molar-refractivity contribution in [2.45, 2.75) is 19.9 Å². The molecule has 1 aromatic carbocycles. The first kappa shape index (κ1) is 14.1. The van der Waals surface area contributed by atoms with Crippen molar-refractivity contribution in [2.75, 3.05) is 7.05 Å². The Bertz CT molecular complexity index is 565. The predicted molar refractivity (Wildman–Crippen MR) is 83.8 cm³/mol. The summed E-state index contributed by atoms with van der Waals surface area (Å²) in [6, 6.07) is 6.58. The fraction of sp³-hybridized carbons (Fsp3) is 0.286. The smallest absolute Gasteiger partial charge is 0.0701 e. The van der Waals surface area contributed by atoms with Crippen LogP contribution < -0.4 is 5.32 Å². The standard InChI is InChI=1S/C14H15BrClNS/c1-8-5-12(16)9(2)4-11(8)14(17-3)10-6-13(15)18-7-10/h4-7,14,17H,1-3H3. The highest BCUT2D eigenvalue weighted by Gasteiger charge is 2.16. The van der Waals surface area contributed by atoms with Gasteiger partial charge in [-0.05, 0) is 76.6 Å². The van der Waals surface area contributed by atoms with Crippen LogP contribution in [0, 0.1) is 13.8 Å². The Balaban J connectivity index is 2.48. The van der Waals surface area contributed by atoms with Crippen molar-refractivity contribution in [3.63, 3.8) is 0 Å². The molecule has 4 heteroatoms. The van der Waals surface area contributed by atoms with E-state index < -0.39 is 0 Å². The third-order valence-corrected chi connectivity index (χ3v) is 5.00. The number of benzene rings is 1. The second-order valence-electron chi connectivity index (χ2n) is 4.36. The number of halogens is 2. The average molecular weight is 345 g/mol. The minimum atomic E-state index is 0.212. The van der Waals surface area contributed by atoms with E-state index in [1.54, 1.807) is 11.3 Å². The van der Waals surface area contributed by atoms with Gasteiger partial charge >= 0.3 is 0 Å². The first-order valence-electron chi connectivity index (χ1n) is 5.70. The molecule has 0 aliphatic heterocycles. The minimum absolute atomic E-state index is 0.212. The highest BCUT2D eigenvalue weighted by molar-refractivity contribution is 9.11. The van der Waals surface area contributed by atoms with E-state index in [0.717, 1.165) is 14.4 Å². The molecular formula is C14H15BrClNS. The lowest BCUT2D eigenvalue weighted by molar-refractivity contribution is 0.689. The lowest BCUT2D eigenvalue weighted by Gasteiger charge is -2.19. The molecule has 0 bridgehead atoms. The van der Waals surface area contributed by atoms with Crippen LogP contribution in [-0.4, -0.2) is 7.05 Å². The maximum absolute atomic E-state index is 6.16. The molecule has 1 N–H and O–H groups in total. The first-order valence-corrected chi connectivity index (χ1v) is 7.76. The van der Waals surface area contributed by atoms with Gasteiger partial charge in [-0.2, -0.15) is 0 Å². The Morgan fingerprint density at radius 3 is 2.50 bits per heavy atom. The molecule has 0 spiro atoms. The maximum atomic E-state index is 6.16. The van der Waals surface area contributed by atoms with Gasteiger partial charge in [-0.3, -0.25) is 0 Å². The summed E-state index contributed by atoms with van der Waals surface area (Å²) in [6.07, 6.45) is 0. The fourth-order valence-electron chi connectivity index (χ4n) is 2.09. The second kappa shape index (κ2) is 5.74. The van der Waals surface area contributed by atoms with E-state index in [1.165, 1.54) is 16.7 Å². The lowest BCUT2D eigenvalue weighted by atomic mass is 9.95. The van der Waals surface area contributed by atoms with Crippen LogP contribution in [0.3, 0.4) is 0 Å². The van der Waals surface area contributed by atoms with Gasteiger partial charge in [0.25, 0.3) is 0 Å². The van der Waals surface area contributed by atoms with Gasteiger partial charge in [-0.1, -0.05) is 17.7 Å². The molecule has 0 amide bonds. The molecule has 1 atom stereocenters. The number of rotatable bonds is 3. The van der Waals surface area contributed by atoms with Crippen LogP contribution in [0.25, 0.3) is 0 Å². The maximum Gasteiger partial charge on any atom is 0.0701 e. The summed E-state index contributed by atoms with van der Waals surface area (Å²) in [4.78, 5) is 0. The monoisotopic (exact) mass is 343 g/mol. The molecular weight excluding hydrogens is 330 g/mol. The molecule has 1 heterocycles. The van der Waals surface area contributed by atoms with E-state index in [0.29, 0.717) is 0 Å². The zero-order chi connectivity index (χ0) is 13.3. The normalized spacial score (nSPS) is 12.7. The minimum Gasteiger partial charge on any atom is -0.309 e. The topological polar surface area (TPSA) is 12.0 Å². The summed E-state index contributed by atoms with van der Waals surface area (Å²) in [5.41, 5.74) is 4.89. The molecule has 0 saturated carbocycles. The summed E-state index contributed by atoms with van der Waals surface area (Å²) in [7, 11) is 1.99. The van der Waals surface area contributed by atoms with E-state index >= 15 is 0 Å². The largest absolute Gasteiger partial charge is 0.309 e. The third-order valence-electron chi connectivity index (χ3n) is 3.07. The van der Waals surface area contributed by atoms with E-state index in [4.69, 9.17) is 11.6 Å². The molecule has 2 aromatic rings. The van der Waals surface area contributed by atoms with Gasteiger partial charge in [0.15, 0.2) is 0 Å².